The van der Waals surface area contributed by atoms with Gasteiger partial charge in [0.05, 0.1) is 0 Å². The van der Waals surface area contributed by atoms with Gasteiger partial charge in [-0.3, -0.25) is 0 Å². The van der Waals surface area contributed by atoms with Gasteiger partial charge in [0, 0.05) is 0 Å². The Balaban J connectivity index is 0.000000399. The van der Waals surface area contributed by atoms with Gasteiger partial charge in [0.2, 0.25) is 0 Å². The van der Waals surface area contributed by atoms with Gasteiger partial charge in [-0.15, -0.1) is 0 Å². The van der Waals surface area contributed by atoms with Crippen molar-refractivity contribution in [3.63, 3.8) is 0 Å². The molecule has 0 nitrogen and oxygen atoms in total. The summed E-state index contributed by atoms with van der Waals surface area (Å²) < 4.78 is 0. The second kappa shape index (κ2) is 11.8. The molecule has 0 aromatic heterocycles. The van der Waals surface area contributed by atoms with Gasteiger partial charge in [0.25, 0.3) is 0 Å². The van der Waals surface area contributed by atoms with Gasteiger partial charge < -0.3 is 0 Å². The molecular formula is C16H20Se3. The molecule has 0 aliphatic heterocycles. The third-order valence-electron chi connectivity index (χ3n) is 2.35. The van der Waals surface area contributed by atoms with Crippen LogP contribution in [0.25, 0.3) is 0 Å². The number of hydrogen-bond acceptors (Lipinski definition) is 0. The Kier molecular flexibility index (Phi) is 10.6. The summed E-state index contributed by atoms with van der Waals surface area (Å²) in [4.78, 5) is 0. The van der Waals surface area contributed by atoms with E-state index in [1.807, 2.05) is 0 Å². The molecule has 102 valence electrons. The summed E-state index contributed by atoms with van der Waals surface area (Å²) in [5, 5.41) is 3.83. The van der Waals surface area contributed by atoms with E-state index in [1.165, 1.54) is 27.1 Å². The van der Waals surface area contributed by atoms with E-state index in [0.29, 0.717) is 15.0 Å². The van der Waals surface area contributed by atoms with Gasteiger partial charge in [-0.25, -0.2) is 0 Å². The molecule has 2 aromatic carbocycles. The first-order valence-corrected chi connectivity index (χ1v) is 14.7. The molecule has 0 heterocycles. The van der Waals surface area contributed by atoms with E-state index >= 15 is 0 Å². The minimum absolute atomic E-state index is 0.683. The average Bonchev–Trinajstić information content (AvgIpc) is 2.50. The molecule has 0 saturated heterocycles. The molecule has 0 atom stereocenters. The van der Waals surface area contributed by atoms with Crippen molar-refractivity contribution in [2.45, 2.75) is 22.9 Å². The van der Waals surface area contributed by atoms with Crippen LogP contribution in [0.1, 0.15) is 18.1 Å². The quantitative estimate of drug-likeness (QED) is 0.616. The Hall–Kier alpha value is -0.00156. The summed E-state index contributed by atoms with van der Waals surface area (Å²) in [5.41, 5.74) is 2.93. The predicted molar refractivity (Wildman–Crippen MR) is 89.4 cm³/mol. The van der Waals surface area contributed by atoms with Gasteiger partial charge in [-0.1, -0.05) is 0 Å². The summed E-state index contributed by atoms with van der Waals surface area (Å²) >= 11 is 4.14. The Morgan fingerprint density at radius 2 is 1.16 bits per heavy atom. The summed E-state index contributed by atoms with van der Waals surface area (Å²) in [6, 6.07) is 21.5. The maximum atomic E-state index is 2.60. The first-order chi connectivity index (χ1) is 9.36. The van der Waals surface area contributed by atoms with Crippen molar-refractivity contribution in [2.75, 3.05) is 0 Å². The van der Waals surface area contributed by atoms with Gasteiger partial charge in [0.1, 0.15) is 0 Å². The number of benzene rings is 2. The monoisotopic (exact) mass is 452 g/mol. The van der Waals surface area contributed by atoms with Crippen molar-refractivity contribution in [1.82, 2.24) is 0 Å². The Morgan fingerprint density at radius 3 is 1.47 bits per heavy atom. The molecule has 3 heteroatoms. The molecule has 0 fully saturated rings. The third kappa shape index (κ3) is 8.71. The van der Waals surface area contributed by atoms with Crippen molar-refractivity contribution in [3.05, 3.63) is 71.8 Å². The fraction of sp³-hybridized carbons (Fsp3) is 0.250. The van der Waals surface area contributed by atoms with Crippen molar-refractivity contribution in [3.8, 4) is 0 Å². The zero-order valence-electron chi connectivity index (χ0n) is 11.2. The number of hydrogen-bond donors (Lipinski definition) is 0. The van der Waals surface area contributed by atoms with E-state index in [9.17, 15) is 0 Å². The summed E-state index contributed by atoms with van der Waals surface area (Å²) in [7, 11) is 0. The predicted octanol–water partition coefficient (Wildman–Crippen LogP) is 3.04. The molecule has 0 aliphatic carbocycles. The molecule has 0 unspecified atom stereocenters. The van der Waals surface area contributed by atoms with Crippen LogP contribution in [0, 0.1) is 0 Å². The topological polar surface area (TPSA) is 0 Å². The molecule has 0 radical (unpaired) electrons. The molecule has 0 bridgehead atoms. The van der Waals surface area contributed by atoms with Crippen LogP contribution >= 0.6 is 0 Å². The molecule has 0 N–H and O–H groups in total. The number of rotatable bonds is 5. The first-order valence-electron chi connectivity index (χ1n) is 6.28. The Labute approximate surface area is 136 Å². The Bertz CT molecular complexity index is 373. The zero-order chi connectivity index (χ0) is 13.8. The third-order valence-corrected chi connectivity index (χ3v) is 7.96. The average molecular weight is 449 g/mol. The normalized spacial score (nSPS) is 9.58. The van der Waals surface area contributed by atoms with Crippen LogP contribution in [-0.4, -0.2) is 42.3 Å². The zero-order valence-corrected chi connectivity index (χ0v) is 16.5. The van der Waals surface area contributed by atoms with Gasteiger partial charge in [-0.05, 0) is 0 Å². The Morgan fingerprint density at radius 1 is 0.789 bits per heavy atom. The van der Waals surface area contributed by atoms with Gasteiger partial charge in [-0.2, -0.15) is 0 Å². The standard InChI is InChI=1S/C14H14Se.C2H6Se2/c1-3-7-13(8-4-1)11-15-12-14-9-5-2-6-10-14;1-2-4-3/h1-10H,11-12H2;3H,2H2,1H3. The van der Waals surface area contributed by atoms with E-state index in [2.05, 4.69) is 81.8 Å². The van der Waals surface area contributed by atoms with Crippen LogP contribution in [0.4, 0.5) is 0 Å². The summed E-state index contributed by atoms with van der Waals surface area (Å²) in [5.74, 6) is 0. The van der Waals surface area contributed by atoms with Crippen LogP contribution in [0.15, 0.2) is 60.7 Å². The fourth-order valence-corrected chi connectivity index (χ4v) is 3.45. The van der Waals surface area contributed by atoms with E-state index < -0.39 is 0 Å². The van der Waals surface area contributed by atoms with Crippen LogP contribution in [0.5, 0.6) is 0 Å². The van der Waals surface area contributed by atoms with Crippen LogP contribution in [-0.2, 0) is 10.6 Å². The molecular weight excluding hydrogens is 429 g/mol. The first kappa shape index (κ1) is 17.1. The van der Waals surface area contributed by atoms with Crippen molar-refractivity contribution >= 4 is 42.3 Å². The van der Waals surface area contributed by atoms with Crippen LogP contribution < -0.4 is 0 Å². The van der Waals surface area contributed by atoms with Crippen molar-refractivity contribution < 1.29 is 0 Å². The molecule has 0 spiro atoms. The molecule has 2 rings (SSSR count). The fourth-order valence-electron chi connectivity index (χ4n) is 1.44. The van der Waals surface area contributed by atoms with E-state index in [4.69, 9.17) is 0 Å². The van der Waals surface area contributed by atoms with E-state index in [1.54, 1.807) is 0 Å². The van der Waals surface area contributed by atoms with E-state index in [0.717, 1.165) is 13.1 Å². The van der Waals surface area contributed by atoms with Crippen molar-refractivity contribution in [2.24, 2.45) is 0 Å². The SMILES string of the molecule is CC[Se][SeH].c1ccc(C[Se]Cc2ccccc2)cc1. The molecule has 0 saturated carbocycles. The second-order valence-electron chi connectivity index (χ2n) is 3.88. The summed E-state index contributed by atoms with van der Waals surface area (Å²) in [6.07, 6.45) is 0. The van der Waals surface area contributed by atoms with Crippen molar-refractivity contribution in [1.29, 1.82) is 0 Å². The minimum atomic E-state index is 0.683. The van der Waals surface area contributed by atoms with Crippen LogP contribution in [0.2, 0.25) is 5.32 Å². The van der Waals surface area contributed by atoms with Gasteiger partial charge in [0.15, 0.2) is 0 Å². The summed E-state index contributed by atoms with van der Waals surface area (Å²) in [6.45, 7) is 2.19. The molecule has 2 aromatic rings. The second-order valence-corrected chi connectivity index (χ2v) is 10.5. The molecule has 19 heavy (non-hydrogen) atoms. The van der Waals surface area contributed by atoms with Gasteiger partial charge >= 0.3 is 137 Å². The maximum absolute atomic E-state index is 2.60. The molecule has 0 amide bonds. The van der Waals surface area contributed by atoms with E-state index in [-0.39, 0.29) is 0 Å². The van der Waals surface area contributed by atoms with Crippen LogP contribution in [0.3, 0.4) is 0 Å². The molecule has 0 aliphatic rings.